The zero-order valence-electron chi connectivity index (χ0n) is 10.6. The molecule has 0 aromatic heterocycles. The third kappa shape index (κ3) is 2.30. The topological polar surface area (TPSA) is 35.5 Å². The van der Waals surface area contributed by atoms with Gasteiger partial charge in [-0.1, -0.05) is 6.07 Å². The molecule has 94 valence electrons. The summed E-state index contributed by atoms with van der Waals surface area (Å²) in [6, 6.07) is 9.46. The van der Waals surface area contributed by atoms with E-state index in [1.54, 1.807) is 6.07 Å². The lowest BCUT2D eigenvalue weighted by Crippen LogP contribution is -1.97. The van der Waals surface area contributed by atoms with E-state index in [0.717, 1.165) is 22.8 Å². The first-order chi connectivity index (χ1) is 8.80. The Bertz CT molecular complexity index is 561. The number of benzene rings is 2. The van der Waals surface area contributed by atoms with Gasteiger partial charge in [0.05, 0.1) is 18.8 Å². The van der Waals surface area contributed by atoms with Crippen LogP contribution in [0.25, 0.3) is 10.8 Å². The zero-order chi connectivity index (χ0) is 13.0. The molecule has 3 heteroatoms. The summed E-state index contributed by atoms with van der Waals surface area (Å²) in [5.41, 5.74) is 0.577. The van der Waals surface area contributed by atoms with Gasteiger partial charge in [-0.15, -0.1) is 0 Å². The number of carbonyl (C=O) groups is 1. The smallest absolute Gasteiger partial charge is 0.153 e. The van der Waals surface area contributed by atoms with Crippen LogP contribution in [-0.2, 0) is 0 Å². The minimum absolute atomic E-state index is 0.535. The fourth-order valence-corrected chi connectivity index (χ4v) is 1.95. The number of aldehydes is 1. The number of hydrogen-bond donors (Lipinski definition) is 0. The highest BCUT2D eigenvalue weighted by Crippen LogP contribution is 2.31. The molecule has 2 aromatic carbocycles. The Balaban J connectivity index is 2.58. The molecule has 0 atom stereocenters. The lowest BCUT2D eigenvalue weighted by molar-refractivity contribution is 0.112. The fourth-order valence-electron chi connectivity index (χ4n) is 1.95. The van der Waals surface area contributed by atoms with Gasteiger partial charge in [0.15, 0.2) is 6.29 Å². The molecule has 0 radical (unpaired) electrons. The van der Waals surface area contributed by atoms with Crippen LogP contribution in [0, 0.1) is 0 Å². The number of carbonyl (C=O) groups excluding carboxylic acids is 1. The van der Waals surface area contributed by atoms with Crippen LogP contribution in [0.5, 0.6) is 11.5 Å². The second kappa shape index (κ2) is 5.54. The molecule has 0 saturated carbocycles. The first-order valence-electron chi connectivity index (χ1n) is 6.07. The van der Waals surface area contributed by atoms with Gasteiger partial charge in [-0.2, -0.15) is 0 Å². The zero-order valence-corrected chi connectivity index (χ0v) is 10.6. The van der Waals surface area contributed by atoms with Crippen molar-refractivity contribution in [2.75, 3.05) is 13.2 Å². The summed E-state index contributed by atoms with van der Waals surface area (Å²) >= 11 is 0. The van der Waals surface area contributed by atoms with Crippen LogP contribution >= 0.6 is 0 Å². The largest absolute Gasteiger partial charge is 0.494 e. The number of ether oxygens (including phenoxy) is 2. The average molecular weight is 244 g/mol. The summed E-state index contributed by atoms with van der Waals surface area (Å²) in [7, 11) is 0. The second-order valence-corrected chi connectivity index (χ2v) is 3.85. The molecule has 0 heterocycles. The van der Waals surface area contributed by atoms with Crippen LogP contribution in [0.1, 0.15) is 24.2 Å². The van der Waals surface area contributed by atoms with E-state index in [1.807, 2.05) is 38.1 Å². The monoisotopic (exact) mass is 244 g/mol. The van der Waals surface area contributed by atoms with Crippen molar-refractivity contribution >= 4 is 17.1 Å². The third-order valence-electron chi connectivity index (χ3n) is 2.70. The Morgan fingerprint density at radius 2 is 1.83 bits per heavy atom. The van der Waals surface area contributed by atoms with Crippen LogP contribution in [-0.4, -0.2) is 19.5 Å². The standard InChI is InChI=1S/C15H16O3/c1-3-17-13-7-8-14-11(9-13)5-6-12(10-16)15(14)18-4-2/h5-10H,3-4H2,1-2H3. The van der Waals surface area contributed by atoms with Crippen molar-refractivity contribution in [1.82, 2.24) is 0 Å². The van der Waals surface area contributed by atoms with Crippen LogP contribution in [0.4, 0.5) is 0 Å². The maximum Gasteiger partial charge on any atom is 0.153 e. The van der Waals surface area contributed by atoms with E-state index in [1.165, 1.54) is 0 Å². The van der Waals surface area contributed by atoms with E-state index in [9.17, 15) is 4.79 Å². The predicted octanol–water partition coefficient (Wildman–Crippen LogP) is 3.45. The second-order valence-electron chi connectivity index (χ2n) is 3.85. The highest BCUT2D eigenvalue weighted by atomic mass is 16.5. The first-order valence-corrected chi connectivity index (χ1v) is 6.07. The Labute approximate surface area is 106 Å². The van der Waals surface area contributed by atoms with Gasteiger partial charge in [0.1, 0.15) is 11.5 Å². The van der Waals surface area contributed by atoms with Gasteiger partial charge in [0, 0.05) is 5.39 Å². The van der Waals surface area contributed by atoms with E-state index in [0.29, 0.717) is 24.5 Å². The van der Waals surface area contributed by atoms with Crippen LogP contribution in [0.15, 0.2) is 30.3 Å². The Hall–Kier alpha value is -2.03. The molecule has 18 heavy (non-hydrogen) atoms. The number of hydrogen-bond acceptors (Lipinski definition) is 3. The summed E-state index contributed by atoms with van der Waals surface area (Å²) in [5.74, 6) is 1.47. The molecule has 0 amide bonds. The van der Waals surface area contributed by atoms with Gasteiger partial charge < -0.3 is 9.47 Å². The summed E-state index contributed by atoms with van der Waals surface area (Å²) in [6.45, 7) is 5.02. The van der Waals surface area contributed by atoms with Crippen LogP contribution < -0.4 is 9.47 Å². The SMILES string of the molecule is CCOc1ccc2c(OCC)c(C=O)ccc2c1. The highest BCUT2D eigenvalue weighted by Gasteiger charge is 2.08. The lowest BCUT2D eigenvalue weighted by Gasteiger charge is -2.11. The van der Waals surface area contributed by atoms with Crippen molar-refractivity contribution in [2.24, 2.45) is 0 Å². The van der Waals surface area contributed by atoms with Crippen molar-refractivity contribution in [3.05, 3.63) is 35.9 Å². The fraction of sp³-hybridized carbons (Fsp3) is 0.267. The summed E-state index contributed by atoms with van der Waals surface area (Å²) in [6.07, 6.45) is 0.820. The molecular formula is C15H16O3. The normalized spacial score (nSPS) is 10.3. The Morgan fingerprint density at radius 1 is 1.06 bits per heavy atom. The maximum atomic E-state index is 11.0. The van der Waals surface area contributed by atoms with E-state index in [2.05, 4.69) is 0 Å². The molecule has 0 bridgehead atoms. The van der Waals surface area contributed by atoms with Gasteiger partial charge in [0.2, 0.25) is 0 Å². The van der Waals surface area contributed by atoms with E-state index < -0.39 is 0 Å². The molecule has 0 fully saturated rings. The van der Waals surface area contributed by atoms with Crippen molar-refractivity contribution in [2.45, 2.75) is 13.8 Å². The lowest BCUT2D eigenvalue weighted by atomic mass is 10.1. The first kappa shape index (κ1) is 12.4. The van der Waals surface area contributed by atoms with Gasteiger partial charge >= 0.3 is 0 Å². The molecule has 0 aliphatic carbocycles. The van der Waals surface area contributed by atoms with E-state index >= 15 is 0 Å². The number of fused-ring (bicyclic) bond motifs is 1. The van der Waals surface area contributed by atoms with Crippen LogP contribution in [0.2, 0.25) is 0 Å². The van der Waals surface area contributed by atoms with Gasteiger partial charge in [-0.3, -0.25) is 4.79 Å². The van der Waals surface area contributed by atoms with Gasteiger partial charge in [-0.05, 0) is 43.5 Å². The Kier molecular flexibility index (Phi) is 3.82. The Morgan fingerprint density at radius 3 is 2.50 bits per heavy atom. The molecule has 0 aliphatic rings. The summed E-state index contributed by atoms with van der Waals surface area (Å²) in [5, 5.41) is 1.94. The van der Waals surface area contributed by atoms with Crippen molar-refractivity contribution in [1.29, 1.82) is 0 Å². The summed E-state index contributed by atoms with van der Waals surface area (Å²) in [4.78, 5) is 11.0. The molecular weight excluding hydrogens is 228 g/mol. The van der Waals surface area contributed by atoms with Crippen molar-refractivity contribution < 1.29 is 14.3 Å². The molecule has 0 aliphatic heterocycles. The highest BCUT2D eigenvalue weighted by molar-refractivity contribution is 5.96. The predicted molar refractivity (Wildman–Crippen MR) is 71.7 cm³/mol. The van der Waals surface area contributed by atoms with Crippen LogP contribution in [0.3, 0.4) is 0 Å². The molecule has 0 saturated heterocycles. The summed E-state index contributed by atoms with van der Waals surface area (Å²) < 4.78 is 11.0. The van der Waals surface area contributed by atoms with Gasteiger partial charge in [0.25, 0.3) is 0 Å². The quantitative estimate of drug-likeness (QED) is 0.756. The number of rotatable bonds is 5. The van der Waals surface area contributed by atoms with Gasteiger partial charge in [-0.25, -0.2) is 0 Å². The van der Waals surface area contributed by atoms with E-state index in [4.69, 9.17) is 9.47 Å². The molecule has 3 nitrogen and oxygen atoms in total. The molecule has 0 N–H and O–H groups in total. The van der Waals surface area contributed by atoms with Crippen molar-refractivity contribution in [3.63, 3.8) is 0 Å². The molecule has 2 rings (SSSR count). The molecule has 2 aromatic rings. The third-order valence-corrected chi connectivity index (χ3v) is 2.70. The van der Waals surface area contributed by atoms with E-state index in [-0.39, 0.29) is 0 Å². The minimum Gasteiger partial charge on any atom is -0.494 e. The average Bonchev–Trinajstić information content (AvgIpc) is 2.39. The minimum atomic E-state index is 0.535. The van der Waals surface area contributed by atoms with Crippen molar-refractivity contribution in [3.8, 4) is 11.5 Å². The molecule has 0 unspecified atom stereocenters. The molecule has 0 spiro atoms. The maximum absolute atomic E-state index is 11.0.